The summed E-state index contributed by atoms with van der Waals surface area (Å²) in [5.41, 5.74) is 0. The molecule has 0 spiro atoms. The number of morpholine rings is 1. The van der Waals surface area contributed by atoms with Crippen molar-refractivity contribution in [1.29, 1.82) is 0 Å². The topological polar surface area (TPSA) is 41.6 Å². The number of hydrogen-bond acceptors (Lipinski definition) is 4. The van der Waals surface area contributed by atoms with Gasteiger partial charge >= 0.3 is 0 Å². The van der Waals surface area contributed by atoms with E-state index >= 15 is 0 Å². The van der Waals surface area contributed by atoms with E-state index in [1.54, 1.807) is 0 Å². The van der Waals surface area contributed by atoms with Crippen LogP contribution in [0.3, 0.4) is 0 Å². The first-order valence-corrected chi connectivity index (χ1v) is 9.78. The van der Waals surface area contributed by atoms with Crippen LogP contribution >= 0.6 is 23.4 Å². The zero-order valence-electron chi connectivity index (χ0n) is 14.6. The normalized spacial score (nSPS) is 23.0. The first kappa shape index (κ1) is 19.6. The van der Waals surface area contributed by atoms with Crippen molar-refractivity contribution in [3.8, 4) is 0 Å². The van der Waals surface area contributed by atoms with Gasteiger partial charge in [0, 0.05) is 31.1 Å². The number of carbonyl (C=O) groups excluding carboxylic acids is 1. The highest BCUT2D eigenvalue weighted by molar-refractivity contribution is 8.00. The van der Waals surface area contributed by atoms with Crippen LogP contribution in [-0.2, 0) is 9.53 Å². The van der Waals surface area contributed by atoms with E-state index < -0.39 is 0 Å². The van der Waals surface area contributed by atoms with E-state index in [2.05, 4.69) is 24.1 Å². The molecule has 1 fully saturated rings. The van der Waals surface area contributed by atoms with Gasteiger partial charge in [0.25, 0.3) is 0 Å². The molecule has 1 aliphatic rings. The van der Waals surface area contributed by atoms with Gasteiger partial charge in [0.15, 0.2) is 0 Å². The average molecular weight is 371 g/mol. The van der Waals surface area contributed by atoms with E-state index in [0.717, 1.165) is 31.0 Å². The highest BCUT2D eigenvalue weighted by atomic mass is 35.5. The van der Waals surface area contributed by atoms with Gasteiger partial charge in [0.1, 0.15) is 0 Å². The molecule has 0 bridgehead atoms. The standard InChI is InChI=1S/C18H27ClN2O2S/c1-13-11-21(12-14(2)23-13)10-6-9-20-18(22)15(3)24-17-8-5-4-7-16(17)19/h4-5,7-8,13-15H,6,9-12H2,1-3H3,(H,20,22). The van der Waals surface area contributed by atoms with Crippen molar-refractivity contribution < 1.29 is 9.53 Å². The summed E-state index contributed by atoms with van der Waals surface area (Å²) in [4.78, 5) is 15.6. The summed E-state index contributed by atoms with van der Waals surface area (Å²) in [6.45, 7) is 9.76. The van der Waals surface area contributed by atoms with Crippen LogP contribution in [0.2, 0.25) is 5.02 Å². The molecule has 0 radical (unpaired) electrons. The highest BCUT2D eigenvalue weighted by Crippen LogP contribution is 2.29. The van der Waals surface area contributed by atoms with E-state index in [4.69, 9.17) is 16.3 Å². The lowest BCUT2D eigenvalue weighted by molar-refractivity contribution is -0.120. The fourth-order valence-electron chi connectivity index (χ4n) is 2.91. The van der Waals surface area contributed by atoms with Crippen LogP contribution in [0.25, 0.3) is 0 Å². The summed E-state index contributed by atoms with van der Waals surface area (Å²) in [6.07, 6.45) is 1.53. The van der Waals surface area contributed by atoms with Crippen LogP contribution in [0, 0.1) is 0 Å². The Balaban J connectivity index is 1.66. The molecule has 1 saturated heterocycles. The second-order valence-corrected chi connectivity index (χ2v) is 8.14. The van der Waals surface area contributed by atoms with Crippen molar-refractivity contribution in [2.75, 3.05) is 26.2 Å². The second kappa shape index (κ2) is 9.66. The Morgan fingerprint density at radius 2 is 2.04 bits per heavy atom. The molecule has 0 aromatic heterocycles. The molecule has 1 aromatic rings. The number of nitrogens with one attached hydrogen (secondary N) is 1. The number of amides is 1. The summed E-state index contributed by atoms with van der Waals surface area (Å²) in [5, 5.41) is 3.56. The average Bonchev–Trinajstić information content (AvgIpc) is 2.52. The zero-order valence-corrected chi connectivity index (χ0v) is 16.2. The monoisotopic (exact) mass is 370 g/mol. The first-order chi connectivity index (χ1) is 11.5. The van der Waals surface area contributed by atoms with Crippen LogP contribution < -0.4 is 5.32 Å². The molecule has 0 saturated carbocycles. The van der Waals surface area contributed by atoms with Gasteiger partial charge in [0.05, 0.1) is 22.5 Å². The number of nitrogens with zero attached hydrogens (tertiary/aromatic N) is 1. The Kier molecular flexibility index (Phi) is 7.88. The summed E-state index contributed by atoms with van der Waals surface area (Å²) in [7, 11) is 0. The molecule has 1 aromatic carbocycles. The molecule has 134 valence electrons. The third kappa shape index (κ3) is 6.28. The quantitative estimate of drug-likeness (QED) is 0.589. The van der Waals surface area contributed by atoms with E-state index in [0.29, 0.717) is 11.6 Å². The molecule has 4 nitrogen and oxygen atoms in total. The van der Waals surface area contributed by atoms with Gasteiger partial charge in [-0.25, -0.2) is 0 Å². The SMILES string of the molecule is CC1CN(CCCNC(=O)C(C)Sc2ccccc2Cl)CC(C)O1. The van der Waals surface area contributed by atoms with Crippen molar-refractivity contribution in [3.05, 3.63) is 29.3 Å². The van der Waals surface area contributed by atoms with Crippen LogP contribution in [-0.4, -0.2) is 54.4 Å². The smallest absolute Gasteiger partial charge is 0.233 e. The Morgan fingerprint density at radius 1 is 1.38 bits per heavy atom. The van der Waals surface area contributed by atoms with Gasteiger partial charge in [0.2, 0.25) is 5.91 Å². The summed E-state index contributed by atoms with van der Waals surface area (Å²) in [5.74, 6) is 0.0589. The molecule has 0 aliphatic carbocycles. The minimum Gasteiger partial charge on any atom is -0.373 e. The fraction of sp³-hybridized carbons (Fsp3) is 0.611. The fourth-order valence-corrected chi connectivity index (χ4v) is 4.09. The summed E-state index contributed by atoms with van der Waals surface area (Å²) in [6, 6.07) is 7.62. The molecule has 3 unspecified atom stereocenters. The van der Waals surface area contributed by atoms with Gasteiger partial charge in [-0.3, -0.25) is 9.69 Å². The molecule has 2 rings (SSSR count). The highest BCUT2D eigenvalue weighted by Gasteiger charge is 2.21. The van der Waals surface area contributed by atoms with Crippen molar-refractivity contribution in [1.82, 2.24) is 10.2 Å². The minimum atomic E-state index is -0.159. The van der Waals surface area contributed by atoms with Crippen LogP contribution in [0.5, 0.6) is 0 Å². The number of carbonyl (C=O) groups is 1. The van der Waals surface area contributed by atoms with Gasteiger partial charge in [-0.15, -0.1) is 11.8 Å². The van der Waals surface area contributed by atoms with Crippen molar-refractivity contribution >= 4 is 29.3 Å². The molecule has 1 N–H and O–H groups in total. The number of benzene rings is 1. The number of thioether (sulfide) groups is 1. The predicted octanol–water partition coefficient (Wildman–Crippen LogP) is 3.44. The van der Waals surface area contributed by atoms with Gasteiger partial charge in [-0.05, 0) is 39.3 Å². The number of hydrogen-bond donors (Lipinski definition) is 1. The zero-order chi connectivity index (χ0) is 17.5. The third-order valence-electron chi connectivity index (χ3n) is 3.96. The lowest BCUT2D eigenvalue weighted by atomic mass is 10.2. The third-order valence-corrected chi connectivity index (χ3v) is 5.57. The minimum absolute atomic E-state index is 0.0589. The maximum Gasteiger partial charge on any atom is 0.233 e. The molecule has 3 atom stereocenters. The molecule has 1 heterocycles. The lowest BCUT2D eigenvalue weighted by Gasteiger charge is -2.35. The lowest BCUT2D eigenvalue weighted by Crippen LogP contribution is -2.46. The number of ether oxygens (including phenoxy) is 1. The van der Waals surface area contributed by atoms with Gasteiger partial charge in [-0.2, -0.15) is 0 Å². The Labute approximate surface area is 154 Å². The van der Waals surface area contributed by atoms with Crippen molar-refractivity contribution in [2.45, 2.75) is 49.5 Å². The van der Waals surface area contributed by atoms with E-state index in [9.17, 15) is 4.79 Å². The first-order valence-electron chi connectivity index (χ1n) is 8.52. The molecule has 1 aliphatic heterocycles. The van der Waals surface area contributed by atoms with Crippen molar-refractivity contribution in [3.63, 3.8) is 0 Å². The predicted molar refractivity (Wildman–Crippen MR) is 101 cm³/mol. The molecular formula is C18H27ClN2O2S. The van der Waals surface area contributed by atoms with Crippen LogP contribution in [0.4, 0.5) is 0 Å². The van der Waals surface area contributed by atoms with Crippen LogP contribution in [0.15, 0.2) is 29.2 Å². The second-order valence-electron chi connectivity index (χ2n) is 6.35. The largest absolute Gasteiger partial charge is 0.373 e. The maximum absolute atomic E-state index is 12.2. The van der Waals surface area contributed by atoms with E-state index in [1.807, 2.05) is 31.2 Å². The number of halogens is 1. The molecular weight excluding hydrogens is 344 g/mol. The Hall–Kier alpha value is -0.750. The van der Waals surface area contributed by atoms with Gasteiger partial charge in [-0.1, -0.05) is 23.7 Å². The Morgan fingerprint density at radius 3 is 2.71 bits per heavy atom. The van der Waals surface area contributed by atoms with E-state index in [1.165, 1.54) is 11.8 Å². The molecule has 6 heteroatoms. The molecule has 24 heavy (non-hydrogen) atoms. The Bertz CT molecular complexity index is 534. The maximum atomic E-state index is 12.2. The summed E-state index contributed by atoms with van der Waals surface area (Å²) >= 11 is 7.64. The molecule has 1 amide bonds. The number of rotatable bonds is 7. The van der Waals surface area contributed by atoms with Crippen molar-refractivity contribution in [2.24, 2.45) is 0 Å². The summed E-state index contributed by atoms with van der Waals surface area (Å²) < 4.78 is 5.73. The van der Waals surface area contributed by atoms with Gasteiger partial charge < -0.3 is 10.1 Å². The van der Waals surface area contributed by atoms with E-state index in [-0.39, 0.29) is 23.4 Å². The van der Waals surface area contributed by atoms with Crippen LogP contribution in [0.1, 0.15) is 27.2 Å².